The number of nitrogens with two attached hydrogens (primary N) is 1. The van der Waals surface area contributed by atoms with Crippen molar-refractivity contribution in [3.05, 3.63) is 52.8 Å². The van der Waals surface area contributed by atoms with Gasteiger partial charge in [0, 0.05) is 30.1 Å². The number of hydrogen-bond acceptors (Lipinski definition) is 3. The van der Waals surface area contributed by atoms with Crippen LogP contribution in [-0.4, -0.2) is 26.1 Å². The van der Waals surface area contributed by atoms with Crippen LogP contribution >= 0.6 is 11.6 Å². The second-order valence-corrected chi connectivity index (χ2v) is 6.58. The summed E-state index contributed by atoms with van der Waals surface area (Å²) in [5.41, 5.74) is 6.95. The number of halogens is 4. The number of piperidine rings is 1. The predicted octanol–water partition coefficient (Wildman–Crippen LogP) is 5.30. The lowest BCUT2D eigenvalue weighted by molar-refractivity contribution is -0.0118. The third kappa shape index (κ3) is 5.21. The SMILES string of the molecule is COc1cc(N2CCCC(F)(F)C2)c(F)cc1N.Cc1ccccc1Cl. The molecule has 0 amide bonds. The second kappa shape index (κ2) is 8.54. The summed E-state index contributed by atoms with van der Waals surface area (Å²) < 4.78 is 45.4. The first kappa shape index (κ1) is 20.2. The highest BCUT2D eigenvalue weighted by Crippen LogP contribution is 2.35. The standard InChI is InChI=1S/C12H15F3N2O.C7H7Cl/c1-18-11-6-10(8(13)5-9(11)16)17-4-2-3-12(14,15)7-17;1-6-4-2-3-5-7(6)8/h5-6H,2-4,7,16H2,1H3;2-5H,1H3. The van der Waals surface area contributed by atoms with Gasteiger partial charge < -0.3 is 15.4 Å². The minimum absolute atomic E-state index is 0.112. The smallest absolute Gasteiger partial charge is 0.265 e. The normalized spacial score (nSPS) is 15.8. The van der Waals surface area contributed by atoms with Gasteiger partial charge in [-0.3, -0.25) is 0 Å². The first-order chi connectivity index (χ1) is 12.2. The number of benzene rings is 2. The van der Waals surface area contributed by atoms with Crippen molar-refractivity contribution in [3.63, 3.8) is 0 Å². The number of ether oxygens (including phenoxy) is 1. The fourth-order valence-electron chi connectivity index (χ4n) is 2.70. The zero-order valence-corrected chi connectivity index (χ0v) is 15.5. The Bertz CT molecular complexity index is 735. The van der Waals surface area contributed by atoms with Crippen molar-refractivity contribution in [2.75, 3.05) is 30.8 Å². The van der Waals surface area contributed by atoms with Gasteiger partial charge in [-0.15, -0.1) is 0 Å². The van der Waals surface area contributed by atoms with Crippen LogP contribution in [0.15, 0.2) is 36.4 Å². The lowest BCUT2D eigenvalue weighted by atomic mass is 10.1. The Morgan fingerprint density at radius 2 is 1.92 bits per heavy atom. The van der Waals surface area contributed by atoms with Gasteiger partial charge >= 0.3 is 0 Å². The molecule has 2 aromatic rings. The van der Waals surface area contributed by atoms with Crippen LogP contribution in [0.25, 0.3) is 0 Å². The van der Waals surface area contributed by atoms with E-state index in [2.05, 4.69) is 0 Å². The Hall–Kier alpha value is -2.08. The Morgan fingerprint density at radius 3 is 2.46 bits per heavy atom. The van der Waals surface area contributed by atoms with Crippen LogP contribution in [0.1, 0.15) is 18.4 Å². The highest BCUT2D eigenvalue weighted by atomic mass is 35.5. The maximum Gasteiger partial charge on any atom is 0.265 e. The number of anilines is 2. The van der Waals surface area contributed by atoms with Gasteiger partial charge in [0.2, 0.25) is 0 Å². The Balaban J connectivity index is 0.000000254. The second-order valence-electron chi connectivity index (χ2n) is 6.18. The Labute approximate surface area is 156 Å². The molecule has 2 N–H and O–H groups in total. The number of nitrogen functional groups attached to an aromatic ring is 1. The number of hydrogen-bond donors (Lipinski definition) is 1. The van der Waals surface area contributed by atoms with Gasteiger partial charge in [-0.25, -0.2) is 13.2 Å². The zero-order valence-electron chi connectivity index (χ0n) is 14.7. The fraction of sp³-hybridized carbons (Fsp3) is 0.368. The molecular formula is C19H22ClF3N2O. The maximum absolute atomic E-state index is 13.8. The molecular weight excluding hydrogens is 365 g/mol. The van der Waals surface area contributed by atoms with Gasteiger partial charge in [-0.1, -0.05) is 29.8 Å². The van der Waals surface area contributed by atoms with E-state index in [9.17, 15) is 13.2 Å². The lowest BCUT2D eigenvalue weighted by Crippen LogP contribution is -2.43. The molecule has 0 unspecified atom stereocenters. The van der Waals surface area contributed by atoms with Gasteiger partial charge in [0.05, 0.1) is 25.0 Å². The van der Waals surface area contributed by atoms with Gasteiger partial charge in [0.15, 0.2) is 0 Å². The van der Waals surface area contributed by atoms with Crippen molar-refractivity contribution in [1.29, 1.82) is 0 Å². The number of alkyl halides is 2. The minimum atomic E-state index is -2.78. The van der Waals surface area contributed by atoms with Crippen LogP contribution in [0, 0.1) is 12.7 Å². The highest BCUT2D eigenvalue weighted by Gasteiger charge is 2.36. The summed E-state index contributed by atoms with van der Waals surface area (Å²) in [7, 11) is 1.40. The van der Waals surface area contributed by atoms with Crippen LogP contribution < -0.4 is 15.4 Å². The molecule has 0 saturated carbocycles. The first-order valence-corrected chi connectivity index (χ1v) is 8.58. The molecule has 1 saturated heterocycles. The largest absolute Gasteiger partial charge is 0.495 e. The lowest BCUT2D eigenvalue weighted by Gasteiger charge is -2.34. The summed E-state index contributed by atoms with van der Waals surface area (Å²) in [5.74, 6) is -3.09. The highest BCUT2D eigenvalue weighted by molar-refractivity contribution is 6.31. The average Bonchev–Trinajstić information content (AvgIpc) is 2.57. The van der Waals surface area contributed by atoms with E-state index in [-0.39, 0.29) is 17.8 Å². The number of rotatable bonds is 2. The van der Waals surface area contributed by atoms with Crippen molar-refractivity contribution in [3.8, 4) is 5.75 Å². The predicted molar refractivity (Wildman–Crippen MR) is 99.9 cm³/mol. The molecule has 1 aliphatic heterocycles. The van der Waals surface area contributed by atoms with E-state index >= 15 is 0 Å². The number of aryl methyl sites for hydroxylation is 1. The maximum atomic E-state index is 13.8. The zero-order chi connectivity index (χ0) is 19.3. The molecule has 3 nitrogen and oxygen atoms in total. The minimum Gasteiger partial charge on any atom is -0.495 e. The summed E-state index contributed by atoms with van der Waals surface area (Å²) in [4.78, 5) is 1.33. The summed E-state index contributed by atoms with van der Waals surface area (Å²) >= 11 is 5.71. The fourth-order valence-corrected chi connectivity index (χ4v) is 2.84. The van der Waals surface area contributed by atoms with Crippen molar-refractivity contribution in [2.24, 2.45) is 0 Å². The van der Waals surface area contributed by atoms with Crippen molar-refractivity contribution in [2.45, 2.75) is 25.7 Å². The van der Waals surface area contributed by atoms with E-state index < -0.39 is 18.3 Å². The van der Waals surface area contributed by atoms with Crippen LogP contribution in [-0.2, 0) is 0 Å². The Kier molecular flexibility index (Phi) is 6.64. The molecule has 3 rings (SSSR count). The molecule has 0 radical (unpaired) electrons. The average molecular weight is 387 g/mol. The molecule has 26 heavy (non-hydrogen) atoms. The molecule has 1 aliphatic rings. The summed E-state index contributed by atoms with van der Waals surface area (Å²) in [6, 6.07) is 10.2. The molecule has 2 aromatic carbocycles. The molecule has 0 spiro atoms. The van der Waals surface area contributed by atoms with E-state index in [4.69, 9.17) is 22.1 Å². The van der Waals surface area contributed by atoms with Crippen LogP contribution in [0.5, 0.6) is 5.75 Å². The van der Waals surface area contributed by atoms with Gasteiger partial charge in [-0.05, 0) is 25.0 Å². The van der Waals surface area contributed by atoms with E-state index in [1.807, 2.05) is 31.2 Å². The molecule has 0 atom stereocenters. The number of methoxy groups -OCH3 is 1. The molecule has 0 aliphatic carbocycles. The first-order valence-electron chi connectivity index (χ1n) is 8.20. The molecule has 0 aromatic heterocycles. The summed E-state index contributed by atoms with van der Waals surface area (Å²) in [6.45, 7) is 1.92. The third-order valence-electron chi connectivity index (χ3n) is 4.11. The monoisotopic (exact) mass is 386 g/mol. The summed E-state index contributed by atoms with van der Waals surface area (Å²) in [5, 5.41) is 0.840. The summed E-state index contributed by atoms with van der Waals surface area (Å²) in [6.07, 6.45) is 0.177. The Morgan fingerprint density at radius 1 is 1.23 bits per heavy atom. The van der Waals surface area contributed by atoms with Gasteiger partial charge in [0.1, 0.15) is 11.6 Å². The van der Waals surface area contributed by atoms with E-state index in [0.717, 1.165) is 16.7 Å². The van der Waals surface area contributed by atoms with Crippen molar-refractivity contribution >= 4 is 23.0 Å². The van der Waals surface area contributed by atoms with Crippen molar-refractivity contribution in [1.82, 2.24) is 0 Å². The van der Waals surface area contributed by atoms with Crippen molar-refractivity contribution < 1.29 is 17.9 Å². The van der Waals surface area contributed by atoms with E-state index in [0.29, 0.717) is 18.7 Å². The van der Waals surface area contributed by atoms with Gasteiger partial charge in [-0.2, -0.15) is 0 Å². The molecule has 0 bridgehead atoms. The number of nitrogens with zero attached hydrogens (tertiary/aromatic N) is 1. The van der Waals surface area contributed by atoms with Crippen LogP contribution in [0.2, 0.25) is 5.02 Å². The topological polar surface area (TPSA) is 38.5 Å². The third-order valence-corrected chi connectivity index (χ3v) is 4.53. The molecule has 142 valence electrons. The molecule has 1 fully saturated rings. The quantitative estimate of drug-likeness (QED) is 0.712. The van der Waals surface area contributed by atoms with E-state index in [1.165, 1.54) is 18.1 Å². The van der Waals surface area contributed by atoms with Crippen LogP contribution in [0.3, 0.4) is 0 Å². The van der Waals surface area contributed by atoms with Crippen LogP contribution in [0.4, 0.5) is 24.5 Å². The molecule has 1 heterocycles. The van der Waals surface area contributed by atoms with E-state index in [1.54, 1.807) is 0 Å². The molecule has 7 heteroatoms. The van der Waals surface area contributed by atoms with Gasteiger partial charge in [0.25, 0.3) is 5.92 Å².